The number of hydrogen-bond donors (Lipinski definition) is 0. The largest absolute Gasteiger partial charge is 0.462 e. The topological polar surface area (TPSA) is 78.9 Å². The van der Waals surface area contributed by atoms with Gasteiger partial charge in [-0.2, -0.15) is 0 Å². The summed E-state index contributed by atoms with van der Waals surface area (Å²) in [7, 11) is 0. The van der Waals surface area contributed by atoms with Crippen LogP contribution in [-0.2, 0) is 28.6 Å². The molecule has 0 aliphatic carbocycles. The lowest BCUT2D eigenvalue weighted by molar-refractivity contribution is -0.167. The lowest BCUT2D eigenvalue weighted by Crippen LogP contribution is -2.30. The molecule has 1 atom stereocenters. The number of carbonyl (C=O) groups is 3. The molecule has 0 spiro atoms. The summed E-state index contributed by atoms with van der Waals surface area (Å²) in [6.45, 7) is 6.63. The second kappa shape index (κ2) is 66.9. The van der Waals surface area contributed by atoms with Gasteiger partial charge in [-0.15, -0.1) is 0 Å². The number of allylic oxidation sites excluding steroid dienone is 8. The highest BCUT2D eigenvalue weighted by molar-refractivity contribution is 5.71. The molecule has 0 saturated heterocycles. The fraction of sp³-hybridized carbons (Fsp3) is 0.847. The zero-order valence-corrected chi connectivity index (χ0v) is 52.5. The molecule has 0 bridgehead atoms. The van der Waals surface area contributed by atoms with E-state index in [1.165, 1.54) is 263 Å². The van der Waals surface area contributed by atoms with E-state index in [4.69, 9.17) is 14.2 Å². The van der Waals surface area contributed by atoms with Crippen molar-refractivity contribution < 1.29 is 28.6 Å². The summed E-state index contributed by atoms with van der Waals surface area (Å²) in [5.41, 5.74) is 0. The number of ether oxygens (including phenoxy) is 3. The molecule has 0 rings (SSSR count). The van der Waals surface area contributed by atoms with Crippen molar-refractivity contribution in [3.8, 4) is 0 Å². The van der Waals surface area contributed by atoms with Gasteiger partial charge < -0.3 is 14.2 Å². The predicted octanol–water partition coefficient (Wildman–Crippen LogP) is 23.7. The monoisotopic (exact) mass is 1090 g/mol. The van der Waals surface area contributed by atoms with Crippen LogP contribution in [0.25, 0.3) is 0 Å². The van der Waals surface area contributed by atoms with Gasteiger partial charge in [-0.1, -0.05) is 307 Å². The van der Waals surface area contributed by atoms with E-state index in [2.05, 4.69) is 69.4 Å². The van der Waals surface area contributed by atoms with Gasteiger partial charge in [0.25, 0.3) is 0 Å². The van der Waals surface area contributed by atoms with Crippen molar-refractivity contribution in [1.82, 2.24) is 0 Å². The molecular formula is C72H132O6. The number of rotatable bonds is 64. The van der Waals surface area contributed by atoms with Crippen LogP contribution in [0.4, 0.5) is 0 Å². The first-order valence-electron chi connectivity index (χ1n) is 34.6. The van der Waals surface area contributed by atoms with Gasteiger partial charge >= 0.3 is 17.9 Å². The summed E-state index contributed by atoms with van der Waals surface area (Å²) >= 11 is 0. The van der Waals surface area contributed by atoms with E-state index in [-0.39, 0.29) is 31.1 Å². The minimum absolute atomic E-state index is 0.0735. The predicted molar refractivity (Wildman–Crippen MR) is 339 cm³/mol. The molecule has 0 aromatic carbocycles. The molecule has 0 heterocycles. The molecule has 78 heavy (non-hydrogen) atoms. The summed E-state index contributed by atoms with van der Waals surface area (Å²) in [4.78, 5) is 38.3. The molecule has 456 valence electrons. The number of esters is 3. The van der Waals surface area contributed by atoms with Crippen LogP contribution in [0, 0.1) is 0 Å². The Bertz CT molecular complexity index is 1350. The average Bonchev–Trinajstić information content (AvgIpc) is 3.44. The number of hydrogen-bond acceptors (Lipinski definition) is 6. The molecule has 0 aliphatic heterocycles. The van der Waals surface area contributed by atoms with Crippen molar-refractivity contribution in [2.75, 3.05) is 13.2 Å². The SMILES string of the molecule is CCCC/C=C\CCCCCCCC(=O)OCC(COC(=O)CCCCCCCCCCCCCCCCCCCCC/C=C\C/C=C\CCCCCCC)OC(=O)CCCCCCCCC/C=C\CCCCCCCCC. The molecule has 0 aromatic rings. The third-order valence-corrected chi connectivity index (χ3v) is 15.5. The fourth-order valence-corrected chi connectivity index (χ4v) is 10.3. The highest BCUT2D eigenvalue weighted by Gasteiger charge is 2.19. The highest BCUT2D eigenvalue weighted by atomic mass is 16.6. The van der Waals surface area contributed by atoms with Crippen LogP contribution in [0.3, 0.4) is 0 Å². The van der Waals surface area contributed by atoms with Crippen LogP contribution in [0.15, 0.2) is 48.6 Å². The zero-order valence-electron chi connectivity index (χ0n) is 52.5. The van der Waals surface area contributed by atoms with E-state index in [0.29, 0.717) is 19.3 Å². The lowest BCUT2D eigenvalue weighted by atomic mass is 10.0. The maximum absolute atomic E-state index is 12.9. The van der Waals surface area contributed by atoms with Gasteiger partial charge in [-0.25, -0.2) is 0 Å². The molecule has 0 aliphatic rings. The van der Waals surface area contributed by atoms with E-state index < -0.39 is 6.10 Å². The summed E-state index contributed by atoms with van der Waals surface area (Å²) in [6.07, 6.45) is 84.4. The Labute approximate surface area is 486 Å². The number of carbonyl (C=O) groups excluding carboxylic acids is 3. The van der Waals surface area contributed by atoms with Crippen LogP contribution in [0.1, 0.15) is 374 Å². The average molecular weight is 1090 g/mol. The van der Waals surface area contributed by atoms with E-state index >= 15 is 0 Å². The molecule has 0 aromatic heterocycles. The molecule has 6 heteroatoms. The maximum Gasteiger partial charge on any atom is 0.306 e. The quantitative estimate of drug-likeness (QED) is 0.0261. The smallest absolute Gasteiger partial charge is 0.306 e. The van der Waals surface area contributed by atoms with Gasteiger partial charge in [0, 0.05) is 19.3 Å². The van der Waals surface area contributed by atoms with Crippen molar-refractivity contribution in [2.45, 2.75) is 380 Å². The first-order chi connectivity index (χ1) is 38.5. The van der Waals surface area contributed by atoms with Crippen molar-refractivity contribution in [2.24, 2.45) is 0 Å². The molecule has 0 saturated carbocycles. The van der Waals surface area contributed by atoms with E-state index in [0.717, 1.165) is 70.6 Å². The van der Waals surface area contributed by atoms with E-state index in [9.17, 15) is 14.4 Å². The summed E-state index contributed by atoms with van der Waals surface area (Å²) in [6, 6.07) is 0. The molecule has 0 N–H and O–H groups in total. The number of unbranched alkanes of at least 4 members (excludes halogenated alkanes) is 45. The molecule has 6 nitrogen and oxygen atoms in total. The Morgan fingerprint density at radius 1 is 0.256 bits per heavy atom. The van der Waals surface area contributed by atoms with Gasteiger partial charge in [0.05, 0.1) is 0 Å². The normalized spacial score (nSPS) is 12.3. The van der Waals surface area contributed by atoms with E-state index in [1.54, 1.807) is 0 Å². The summed E-state index contributed by atoms with van der Waals surface area (Å²) in [5.74, 6) is -0.866. The standard InChI is InChI=1S/C72H132O6/c1-4-7-10-13-16-19-22-24-26-28-30-31-32-33-34-35-36-37-38-39-40-41-42-44-45-47-50-53-56-59-62-65-71(74)77-68-69(67-76-70(73)64-61-58-55-52-49-21-18-15-12-9-6-3)78-72(75)66-63-60-57-54-51-48-46-43-29-27-25-23-20-17-14-11-8-5-2/h15,18,22,24,27-30,69H,4-14,16-17,19-21,23,25-26,31-68H2,1-3H3/b18-15-,24-22-,29-27-,30-28-. The van der Waals surface area contributed by atoms with Gasteiger partial charge in [0.1, 0.15) is 13.2 Å². The van der Waals surface area contributed by atoms with Crippen LogP contribution in [-0.4, -0.2) is 37.2 Å². The molecular weight excluding hydrogens is 961 g/mol. The maximum atomic E-state index is 12.9. The first-order valence-corrected chi connectivity index (χ1v) is 34.6. The van der Waals surface area contributed by atoms with Crippen molar-refractivity contribution in [3.05, 3.63) is 48.6 Å². The van der Waals surface area contributed by atoms with E-state index in [1.807, 2.05) is 0 Å². The van der Waals surface area contributed by atoms with Gasteiger partial charge in [0.15, 0.2) is 6.10 Å². The Morgan fingerprint density at radius 2 is 0.474 bits per heavy atom. The minimum atomic E-state index is -0.777. The van der Waals surface area contributed by atoms with Gasteiger partial charge in [-0.3, -0.25) is 14.4 Å². The molecule has 0 fully saturated rings. The third kappa shape index (κ3) is 64.2. The van der Waals surface area contributed by atoms with Gasteiger partial charge in [-0.05, 0) is 96.3 Å². The van der Waals surface area contributed by atoms with Crippen LogP contribution >= 0.6 is 0 Å². The minimum Gasteiger partial charge on any atom is -0.462 e. The first kappa shape index (κ1) is 75.4. The van der Waals surface area contributed by atoms with Gasteiger partial charge in [0.2, 0.25) is 0 Å². The van der Waals surface area contributed by atoms with Crippen molar-refractivity contribution in [3.63, 3.8) is 0 Å². The van der Waals surface area contributed by atoms with Crippen LogP contribution < -0.4 is 0 Å². The Balaban J connectivity index is 4.12. The second-order valence-electron chi connectivity index (χ2n) is 23.4. The Morgan fingerprint density at radius 3 is 0.756 bits per heavy atom. The summed E-state index contributed by atoms with van der Waals surface area (Å²) < 4.78 is 16.9. The zero-order chi connectivity index (χ0) is 56.4. The van der Waals surface area contributed by atoms with Crippen LogP contribution in [0.5, 0.6) is 0 Å². The second-order valence-corrected chi connectivity index (χ2v) is 23.4. The fourth-order valence-electron chi connectivity index (χ4n) is 10.3. The Kier molecular flexibility index (Phi) is 64.6. The molecule has 0 amide bonds. The molecule has 0 radical (unpaired) electrons. The van der Waals surface area contributed by atoms with Crippen LogP contribution in [0.2, 0.25) is 0 Å². The lowest BCUT2D eigenvalue weighted by Gasteiger charge is -2.18. The third-order valence-electron chi connectivity index (χ3n) is 15.5. The van der Waals surface area contributed by atoms with Crippen molar-refractivity contribution >= 4 is 17.9 Å². The Hall–Kier alpha value is -2.63. The molecule has 1 unspecified atom stereocenters. The highest BCUT2D eigenvalue weighted by Crippen LogP contribution is 2.18. The summed E-state index contributed by atoms with van der Waals surface area (Å²) in [5, 5.41) is 0. The van der Waals surface area contributed by atoms with Crippen molar-refractivity contribution in [1.29, 1.82) is 0 Å².